The van der Waals surface area contributed by atoms with Crippen LogP contribution in [0.25, 0.3) is 11.1 Å². The third kappa shape index (κ3) is 2.98. The maximum absolute atomic E-state index is 5.76. The van der Waals surface area contributed by atoms with E-state index in [-0.39, 0.29) is 5.92 Å². The Morgan fingerprint density at radius 1 is 1.10 bits per heavy atom. The van der Waals surface area contributed by atoms with Crippen molar-refractivity contribution in [2.45, 2.75) is 12.3 Å². The standard InChI is InChI=1S/C16H17N5/c17-7-5-15(16-6-8-18-11-19-16)13-3-1-12(2-4-13)14-9-20-21-10-14/h1-4,6,8-11,15H,5,7,17H2,(H,20,21). The number of aromatic amines is 1. The van der Waals surface area contributed by atoms with Gasteiger partial charge in [0.15, 0.2) is 0 Å². The van der Waals surface area contributed by atoms with Crippen molar-refractivity contribution in [2.24, 2.45) is 5.73 Å². The highest BCUT2D eigenvalue weighted by Crippen LogP contribution is 2.28. The molecule has 1 atom stereocenters. The van der Waals surface area contributed by atoms with Crippen LogP contribution in [-0.4, -0.2) is 26.7 Å². The Labute approximate surface area is 123 Å². The van der Waals surface area contributed by atoms with Crippen LogP contribution in [0, 0.1) is 0 Å². The van der Waals surface area contributed by atoms with Crippen LogP contribution < -0.4 is 5.73 Å². The van der Waals surface area contributed by atoms with E-state index in [1.807, 2.05) is 18.5 Å². The molecule has 0 radical (unpaired) electrons. The summed E-state index contributed by atoms with van der Waals surface area (Å²) in [6.45, 7) is 0.623. The number of nitrogens with zero attached hydrogens (tertiary/aromatic N) is 3. The fraction of sp³-hybridized carbons (Fsp3) is 0.188. The first-order chi connectivity index (χ1) is 10.4. The summed E-state index contributed by atoms with van der Waals surface area (Å²) < 4.78 is 0. The zero-order valence-electron chi connectivity index (χ0n) is 11.6. The van der Waals surface area contributed by atoms with Crippen LogP contribution in [0.4, 0.5) is 0 Å². The number of hydrogen-bond acceptors (Lipinski definition) is 4. The molecule has 3 N–H and O–H groups in total. The highest BCUT2D eigenvalue weighted by atomic mass is 15.1. The van der Waals surface area contributed by atoms with Crippen LogP contribution in [0.15, 0.2) is 55.2 Å². The third-order valence-corrected chi connectivity index (χ3v) is 3.56. The summed E-state index contributed by atoms with van der Waals surface area (Å²) in [6.07, 6.45) is 7.92. The molecule has 2 heterocycles. The summed E-state index contributed by atoms with van der Waals surface area (Å²) in [5.74, 6) is 0.205. The summed E-state index contributed by atoms with van der Waals surface area (Å²) in [7, 11) is 0. The molecule has 0 saturated heterocycles. The van der Waals surface area contributed by atoms with Crippen LogP contribution in [0.5, 0.6) is 0 Å². The molecule has 0 amide bonds. The fourth-order valence-electron chi connectivity index (χ4n) is 2.48. The zero-order valence-corrected chi connectivity index (χ0v) is 11.6. The van der Waals surface area contributed by atoms with Crippen LogP contribution in [0.1, 0.15) is 23.6 Å². The molecule has 1 aromatic carbocycles. The van der Waals surface area contributed by atoms with E-state index in [2.05, 4.69) is 44.4 Å². The first-order valence-corrected chi connectivity index (χ1v) is 6.93. The smallest absolute Gasteiger partial charge is 0.115 e. The van der Waals surface area contributed by atoms with Gasteiger partial charge in [-0.3, -0.25) is 5.10 Å². The average molecular weight is 279 g/mol. The molecule has 3 rings (SSSR count). The van der Waals surface area contributed by atoms with Crippen molar-refractivity contribution in [3.8, 4) is 11.1 Å². The van der Waals surface area contributed by atoms with Crippen molar-refractivity contribution >= 4 is 0 Å². The van der Waals surface area contributed by atoms with Crippen LogP contribution in [-0.2, 0) is 0 Å². The predicted molar refractivity (Wildman–Crippen MR) is 81.6 cm³/mol. The highest BCUT2D eigenvalue weighted by Gasteiger charge is 2.14. The molecule has 106 valence electrons. The minimum atomic E-state index is 0.205. The zero-order chi connectivity index (χ0) is 14.5. The second kappa shape index (κ2) is 6.28. The Bertz CT molecular complexity index is 662. The molecule has 1 unspecified atom stereocenters. The largest absolute Gasteiger partial charge is 0.330 e. The Morgan fingerprint density at radius 2 is 1.95 bits per heavy atom. The third-order valence-electron chi connectivity index (χ3n) is 3.56. The van der Waals surface area contributed by atoms with Crippen LogP contribution in [0.2, 0.25) is 0 Å². The van der Waals surface area contributed by atoms with E-state index < -0.39 is 0 Å². The van der Waals surface area contributed by atoms with Gasteiger partial charge in [0.25, 0.3) is 0 Å². The summed E-state index contributed by atoms with van der Waals surface area (Å²) in [5.41, 5.74) is 10.2. The lowest BCUT2D eigenvalue weighted by Crippen LogP contribution is -2.10. The van der Waals surface area contributed by atoms with E-state index >= 15 is 0 Å². The Morgan fingerprint density at radius 3 is 2.57 bits per heavy atom. The molecular formula is C16H17N5. The molecular weight excluding hydrogens is 262 g/mol. The quantitative estimate of drug-likeness (QED) is 0.751. The second-order valence-electron chi connectivity index (χ2n) is 4.87. The minimum Gasteiger partial charge on any atom is -0.330 e. The normalized spacial score (nSPS) is 12.2. The molecule has 21 heavy (non-hydrogen) atoms. The van der Waals surface area contributed by atoms with E-state index in [1.54, 1.807) is 12.5 Å². The predicted octanol–water partition coefficient (Wildman–Crippen LogP) is 2.35. The van der Waals surface area contributed by atoms with E-state index in [1.165, 1.54) is 5.56 Å². The molecule has 0 bridgehead atoms. The van der Waals surface area contributed by atoms with Crippen molar-refractivity contribution in [1.29, 1.82) is 0 Å². The number of benzene rings is 1. The van der Waals surface area contributed by atoms with Crippen LogP contribution in [0.3, 0.4) is 0 Å². The maximum atomic E-state index is 5.76. The molecule has 0 aliphatic carbocycles. The molecule has 0 aliphatic rings. The maximum Gasteiger partial charge on any atom is 0.115 e. The van der Waals surface area contributed by atoms with Gasteiger partial charge in [-0.25, -0.2) is 9.97 Å². The minimum absolute atomic E-state index is 0.205. The van der Waals surface area contributed by atoms with Crippen LogP contribution >= 0.6 is 0 Å². The van der Waals surface area contributed by atoms with E-state index in [0.717, 1.165) is 23.2 Å². The SMILES string of the molecule is NCCC(c1ccc(-c2cn[nH]c2)cc1)c1ccncn1. The van der Waals surface area contributed by atoms with E-state index in [9.17, 15) is 0 Å². The molecule has 2 aromatic heterocycles. The van der Waals surface area contributed by atoms with Gasteiger partial charge < -0.3 is 5.73 Å². The number of hydrogen-bond donors (Lipinski definition) is 2. The first kappa shape index (κ1) is 13.5. The number of rotatable bonds is 5. The average Bonchev–Trinajstić information content (AvgIpc) is 3.08. The lowest BCUT2D eigenvalue weighted by atomic mass is 9.91. The van der Waals surface area contributed by atoms with Gasteiger partial charge >= 0.3 is 0 Å². The van der Waals surface area contributed by atoms with Crippen molar-refractivity contribution in [2.75, 3.05) is 6.54 Å². The topological polar surface area (TPSA) is 80.5 Å². The van der Waals surface area contributed by atoms with Crippen molar-refractivity contribution < 1.29 is 0 Å². The Kier molecular flexibility index (Phi) is 4.02. The molecule has 5 heteroatoms. The van der Waals surface area contributed by atoms with Gasteiger partial charge in [0.05, 0.1) is 11.9 Å². The summed E-state index contributed by atoms with van der Waals surface area (Å²) in [6, 6.07) is 10.4. The van der Waals surface area contributed by atoms with Crippen molar-refractivity contribution in [3.63, 3.8) is 0 Å². The first-order valence-electron chi connectivity index (χ1n) is 6.93. The fourth-order valence-corrected chi connectivity index (χ4v) is 2.48. The van der Waals surface area contributed by atoms with Gasteiger partial charge in [0, 0.05) is 23.9 Å². The lowest BCUT2D eigenvalue weighted by Gasteiger charge is -2.16. The van der Waals surface area contributed by atoms with Crippen molar-refractivity contribution in [3.05, 3.63) is 66.5 Å². The molecule has 0 aliphatic heterocycles. The molecule has 5 nitrogen and oxygen atoms in total. The highest BCUT2D eigenvalue weighted by molar-refractivity contribution is 5.62. The van der Waals surface area contributed by atoms with Gasteiger partial charge in [0.2, 0.25) is 0 Å². The Balaban J connectivity index is 1.90. The molecule has 0 saturated carbocycles. The van der Waals surface area contributed by atoms with Gasteiger partial charge in [-0.1, -0.05) is 24.3 Å². The van der Waals surface area contributed by atoms with Crippen molar-refractivity contribution in [1.82, 2.24) is 20.2 Å². The number of nitrogens with two attached hydrogens (primary N) is 1. The number of aromatic nitrogens is 4. The monoisotopic (exact) mass is 279 g/mol. The molecule has 3 aromatic rings. The number of nitrogens with one attached hydrogen (secondary N) is 1. The van der Waals surface area contributed by atoms with E-state index in [4.69, 9.17) is 5.73 Å². The van der Waals surface area contributed by atoms with Gasteiger partial charge in [-0.05, 0) is 30.2 Å². The van der Waals surface area contributed by atoms with Gasteiger partial charge in [-0.15, -0.1) is 0 Å². The number of H-pyrrole nitrogens is 1. The van der Waals surface area contributed by atoms with Gasteiger partial charge in [0.1, 0.15) is 6.33 Å². The summed E-state index contributed by atoms with van der Waals surface area (Å²) >= 11 is 0. The van der Waals surface area contributed by atoms with E-state index in [0.29, 0.717) is 6.54 Å². The lowest BCUT2D eigenvalue weighted by molar-refractivity contribution is 0.702. The summed E-state index contributed by atoms with van der Waals surface area (Å²) in [5, 5.41) is 6.80. The second-order valence-corrected chi connectivity index (χ2v) is 4.87. The van der Waals surface area contributed by atoms with Gasteiger partial charge in [-0.2, -0.15) is 5.10 Å². The molecule has 0 fully saturated rings. The molecule has 0 spiro atoms. The Hall–Kier alpha value is -2.53. The summed E-state index contributed by atoms with van der Waals surface area (Å²) in [4.78, 5) is 8.34.